The molecule has 0 unspecified atom stereocenters. The average molecular weight is 533 g/mol. The van der Waals surface area contributed by atoms with Crippen LogP contribution in [0.5, 0.6) is 0 Å². The van der Waals surface area contributed by atoms with Gasteiger partial charge in [0.2, 0.25) is 0 Å². The second-order valence-electron chi connectivity index (χ2n) is 19.0. The molecule has 0 aliphatic heterocycles. The molecule has 220 valence electrons. The normalized spacial score (nSPS) is 14.7. The van der Waals surface area contributed by atoms with Crippen molar-refractivity contribution in [1.82, 2.24) is 0 Å². The highest BCUT2D eigenvalue weighted by Crippen LogP contribution is 2.51. The molecule has 0 atom stereocenters. The molecule has 0 aliphatic rings. The van der Waals surface area contributed by atoms with E-state index >= 15 is 0 Å². The zero-order valence-electron chi connectivity index (χ0n) is 29.8. The summed E-state index contributed by atoms with van der Waals surface area (Å²) in [6.45, 7) is 48.0. The third-order valence-electron chi connectivity index (χ3n) is 8.46. The van der Waals surface area contributed by atoms with Crippen molar-refractivity contribution in [3.63, 3.8) is 0 Å². The topological polar surface area (TPSA) is 0 Å². The monoisotopic (exact) mass is 533 g/mol. The fourth-order valence-electron chi connectivity index (χ4n) is 6.04. The first-order chi connectivity index (χ1) is 16.9. The Bertz CT molecular complexity index is 1160. The van der Waals surface area contributed by atoms with Gasteiger partial charge in [-0.15, -0.1) is 0 Å². The predicted molar refractivity (Wildman–Crippen MR) is 177 cm³/mol. The van der Waals surface area contributed by atoms with E-state index < -0.39 is 0 Å². The van der Waals surface area contributed by atoms with Gasteiger partial charge >= 0.3 is 0 Å². The molecule has 2 aromatic carbocycles. The van der Waals surface area contributed by atoms with E-state index in [1.807, 2.05) is 0 Å². The van der Waals surface area contributed by atoms with Crippen molar-refractivity contribution in [1.29, 1.82) is 0 Å². The highest BCUT2D eigenvalue weighted by Gasteiger charge is 2.42. The van der Waals surface area contributed by atoms with Crippen LogP contribution in [0, 0.1) is 0 Å². The molecule has 0 aliphatic carbocycles. The summed E-state index contributed by atoms with van der Waals surface area (Å²) in [6.07, 6.45) is 0. The van der Waals surface area contributed by atoms with Gasteiger partial charge in [0.25, 0.3) is 0 Å². The van der Waals surface area contributed by atoms with Crippen LogP contribution in [-0.2, 0) is 37.9 Å². The van der Waals surface area contributed by atoms with Gasteiger partial charge < -0.3 is 0 Å². The molecule has 0 fully saturated rings. The van der Waals surface area contributed by atoms with Crippen LogP contribution in [0.3, 0.4) is 0 Å². The van der Waals surface area contributed by atoms with Crippen LogP contribution >= 0.6 is 0 Å². The largest absolute Gasteiger partial charge is 0.0561 e. The first kappa shape index (κ1) is 33.6. The molecule has 2 aromatic rings. The summed E-state index contributed by atoms with van der Waals surface area (Å²) in [6, 6.07) is 10.1. The van der Waals surface area contributed by atoms with Crippen molar-refractivity contribution in [3.05, 3.63) is 68.8 Å². The molecular formula is C39H64. The molecule has 0 saturated heterocycles. The van der Waals surface area contributed by atoms with Crippen LogP contribution in [0.15, 0.2) is 24.3 Å². The Morgan fingerprint density at radius 3 is 0.872 bits per heavy atom. The van der Waals surface area contributed by atoms with Gasteiger partial charge in [-0.25, -0.2) is 0 Å². The van der Waals surface area contributed by atoms with Crippen LogP contribution in [0.2, 0.25) is 0 Å². The Kier molecular flexibility index (Phi) is 8.43. The van der Waals surface area contributed by atoms with E-state index in [0.29, 0.717) is 0 Å². The summed E-state index contributed by atoms with van der Waals surface area (Å²) in [5, 5.41) is 0. The van der Waals surface area contributed by atoms with Gasteiger partial charge in [-0.3, -0.25) is 0 Å². The summed E-state index contributed by atoms with van der Waals surface area (Å²) in [4.78, 5) is 0. The maximum atomic E-state index is 2.60. The lowest BCUT2D eigenvalue weighted by molar-refractivity contribution is 0.467. The highest BCUT2D eigenvalue weighted by molar-refractivity contribution is 5.61. The molecule has 0 radical (unpaired) electrons. The molecule has 0 amide bonds. The fraction of sp³-hybridized carbons (Fsp3) is 0.692. The van der Waals surface area contributed by atoms with E-state index in [0.717, 1.165) is 0 Å². The molecule has 0 bridgehead atoms. The zero-order chi connectivity index (χ0) is 30.9. The molecule has 39 heavy (non-hydrogen) atoms. The highest BCUT2D eigenvalue weighted by atomic mass is 14.5. The van der Waals surface area contributed by atoms with Crippen LogP contribution in [0.25, 0.3) is 0 Å². The van der Waals surface area contributed by atoms with Gasteiger partial charge in [0, 0.05) is 5.41 Å². The standard InChI is InChI=1S/C39H64/c1-33(2,3)25-21-26(34(4,5)6)23-27(22-25)39(19,20)31-29(36(10,11)12)24-28(35(7,8)9)30(37(13,14)15)32(31)38(16,17)18/h21-24H,1-20H3. The summed E-state index contributed by atoms with van der Waals surface area (Å²) in [7, 11) is 0. The SMILES string of the molecule is CC(C)(C)c1cc(C(C)(C)C)cc(C(C)(C)c2c(C(C)(C)C)cc(C(C)(C)C)c(C(C)(C)C)c2C(C)(C)C)c1. The van der Waals surface area contributed by atoms with Crippen molar-refractivity contribution in [2.45, 2.75) is 176 Å². The Morgan fingerprint density at radius 2 is 0.590 bits per heavy atom. The van der Waals surface area contributed by atoms with E-state index in [2.05, 4.69) is 163 Å². The molecule has 2 rings (SSSR count). The van der Waals surface area contributed by atoms with E-state index in [1.54, 1.807) is 11.1 Å². The van der Waals surface area contributed by atoms with Crippen LogP contribution in [0.4, 0.5) is 0 Å². The third kappa shape index (κ3) is 7.02. The van der Waals surface area contributed by atoms with E-state index in [-0.39, 0.29) is 37.9 Å². The van der Waals surface area contributed by atoms with Crippen molar-refractivity contribution >= 4 is 0 Å². The van der Waals surface area contributed by atoms with Crippen molar-refractivity contribution in [3.8, 4) is 0 Å². The fourth-order valence-corrected chi connectivity index (χ4v) is 6.04. The van der Waals surface area contributed by atoms with E-state index in [1.165, 1.54) is 33.4 Å². The van der Waals surface area contributed by atoms with Crippen molar-refractivity contribution < 1.29 is 0 Å². The smallest absolute Gasteiger partial charge is 0.0152 e. The maximum Gasteiger partial charge on any atom is 0.0152 e. The first-order valence-corrected chi connectivity index (χ1v) is 15.3. The molecule has 0 spiro atoms. The Labute approximate surface area is 244 Å². The van der Waals surface area contributed by atoms with Gasteiger partial charge in [0.05, 0.1) is 0 Å². The molecule has 0 aromatic heterocycles. The number of hydrogen-bond donors (Lipinski definition) is 0. The molecule has 0 nitrogen and oxygen atoms in total. The maximum absolute atomic E-state index is 2.60. The number of benzene rings is 2. The van der Waals surface area contributed by atoms with Crippen molar-refractivity contribution in [2.24, 2.45) is 0 Å². The molecule has 0 saturated carbocycles. The number of rotatable bonds is 2. The lowest BCUT2D eigenvalue weighted by Gasteiger charge is -2.45. The molecule has 0 heterocycles. The third-order valence-corrected chi connectivity index (χ3v) is 8.46. The van der Waals surface area contributed by atoms with Crippen LogP contribution in [-0.4, -0.2) is 0 Å². The Hall–Kier alpha value is -1.56. The van der Waals surface area contributed by atoms with Crippen LogP contribution < -0.4 is 0 Å². The molecule has 0 heteroatoms. The summed E-state index contributed by atoms with van der Waals surface area (Å²) < 4.78 is 0. The van der Waals surface area contributed by atoms with Gasteiger partial charge in [-0.05, 0) is 77.0 Å². The van der Waals surface area contributed by atoms with Gasteiger partial charge in [0.1, 0.15) is 0 Å². The van der Waals surface area contributed by atoms with E-state index in [9.17, 15) is 0 Å². The minimum Gasteiger partial charge on any atom is -0.0561 e. The zero-order valence-corrected chi connectivity index (χ0v) is 29.8. The van der Waals surface area contributed by atoms with Crippen LogP contribution in [0.1, 0.15) is 183 Å². The lowest BCUT2D eigenvalue weighted by Crippen LogP contribution is -2.37. The Balaban J connectivity index is 3.33. The minimum absolute atomic E-state index is 0.00896. The quantitative estimate of drug-likeness (QED) is 0.361. The molecular weight excluding hydrogens is 468 g/mol. The lowest BCUT2D eigenvalue weighted by atomic mass is 9.59. The van der Waals surface area contributed by atoms with Gasteiger partial charge in [0.15, 0.2) is 0 Å². The van der Waals surface area contributed by atoms with Gasteiger partial charge in [-0.2, -0.15) is 0 Å². The number of hydrogen-bond acceptors (Lipinski definition) is 0. The summed E-state index contributed by atoms with van der Waals surface area (Å²) in [5.74, 6) is 0. The Morgan fingerprint density at radius 1 is 0.282 bits per heavy atom. The second kappa shape index (κ2) is 9.77. The average Bonchev–Trinajstić information content (AvgIpc) is 2.67. The second-order valence-corrected chi connectivity index (χ2v) is 19.0. The summed E-state index contributed by atoms with van der Waals surface area (Å²) >= 11 is 0. The summed E-state index contributed by atoms with van der Waals surface area (Å²) in [5.41, 5.74) is 12.0. The minimum atomic E-state index is -0.178. The first-order valence-electron chi connectivity index (χ1n) is 15.3. The predicted octanol–water partition coefficient (Wildman–Crippen LogP) is 11.8. The van der Waals surface area contributed by atoms with Gasteiger partial charge in [-0.1, -0.05) is 163 Å². The van der Waals surface area contributed by atoms with Crippen molar-refractivity contribution in [2.75, 3.05) is 0 Å². The molecule has 0 N–H and O–H groups in total. The van der Waals surface area contributed by atoms with E-state index in [4.69, 9.17) is 0 Å².